The standard InChI is InChI=1S/C24H28N4O3.2ClH/c1-2-28-18(11-16-3-4-17(23(25)26)12-22(16)28)13-21(24(29)30)15-5-7-19(8-6-15)31-20-9-10-27-14-20;;/h3-8,11-12,20-21,27H,2,9-10,13-14H2,1H3,(H3,25,26)(H,29,30);2*1H/t20-,21?;;/m0../s1. The fourth-order valence-electron chi connectivity index (χ4n) is 4.28. The second kappa shape index (κ2) is 11.4. The molecular weight excluding hydrogens is 463 g/mol. The van der Waals surface area contributed by atoms with Gasteiger partial charge in [0.05, 0.1) is 5.92 Å². The molecule has 2 aromatic carbocycles. The summed E-state index contributed by atoms with van der Waals surface area (Å²) >= 11 is 0. The van der Waals surface area contributed by atoms with E-state index in [0.29, 0.717) is 18.5 Å². The van der Waals surface area contributed by atoms with E-state index in [1.54, 1.807) is 0 Å². The summed E-state index contributed by atoms with van der Waals surface area (Å²) in [4.78, 5) is 12.1. The molecule has 9 heteroatoms. The summed E-state index contributed by atoms with van der Waals surface area (Å²) in [6, 6.07) is 15.1. The Labute approximate surface area is 205 Å². The molecule has 33 heavy (non-hydrogen) atoms. The Balaban J connectivity index is 0.00000193. The molecule has 2 heterocycles. The number of hydrogen-bond acceptors (Lipinski definition) is 4. The summed E-state index contributed by atoms with van der Waals surface area (Å²) in [5.41, 5.74) is 8.97. The number of aromatic nitrogens is 1. The minimum absolute atomic E-state index is 0. The molecule has 5 N–H and O–H groups in total. The van der Waals surface area contributed by atoms with E-state index in [1.807, 2.05) is 55.5 Å². The van der Waals surface area contributed by atoms with Gasteiger partial charge in [0.2, 0.25) is 0 Å². The second-order valence-electron chi connectivity index (χ2n) is 7.96. The number of carboxylic acids is 1. The number of nitrogens with zero attached hydrogens (tertiary/aromatic N) is 1. The maximum atomic E-state index is 12.1. The van der Waals surface area contributed by atoms with Gasteiger partial charge in [-0.1, -0.05) is 24.3 Å². The molecule has 7 nitrogen and oxygen atoms in total. The van der Waals surface area contributed by atoms with Gasteiger partial charge in [0.1, 0.15) is 17.7 Å². The predicted molar refractivity (Wildman–Crippen MR) is 136 cm³/mol. The molecule has 4 rings (SSSR count). The van der Waals surface area contributed by atoms with E-state index in [0.717, 1.165) is 47.4 Å². The number of nitrogens with two attached hydrogens (primary N) is 1. The zero-order valence-corrected chi connectivity index (χ0v) is 20.0. The number of rotatable bonds is 8. The van der Waals surface area contributed by atoms with Crippen LogP contribution < -0.4 is 15.8 Å². The molecule has 0 bridgehead atoms. The van der Waals surface area contributed by atoms with Crippen LogP contribution in [0.25, 0.3) is 10.9 Å². The maximum Gasteiger partial charge on any atom is 0.311 e. The molecule has 3 aromatic rings. The number of carbonyl (C=O) groups is 1. The van der Waals surface area contributed by atoms with Crippen molar-refractivity contribution < 1.29 is 14.6 Å². The molecule has 1 aromatic heterocycles. The third-order valence-electron chi connectivity index (χ3n) is 5.93. The van der Waals surface area contributed by atoms with Crippen molar-refractivity contribution in [2.45, 2.75) is 38.3 Å². The normalized spacial score (nSPS) is 16.0. The van der Waals surface area contributed by atoms with Crippen molar-refractivity contribution in [2.24, 2.45) is 5.73 Å². The number of halogens is 2. The van der Waals surface area contributed by atoms with E-state index in [1.165, 1.54) is 0 Å². The Morgan fingerprint density at radius 1 is 1.24 bits per heavy atom. The SMILES string of the molecule is CCn1c(CC(C(=O)O)c2ccc(O[C@H]3CCNC3)cc2)cc2ccc(C(=N)N)cc21.Cl.Cl. The van der Waals surface area contributed by atoms with Gasteiger partial charge in [0, 0.05) is 36.3 Å². The Bertz CT molecular complexity index is 1110. The fraction of sp³-hybridized carbons (Fsp3) is 0.333. The highest BCUT2D eigenvalue weighted by atomic mass is 35.5. The molecule has 1 saturated heterocycles. The van der Waals surface area contributed by atoms with Crippen LogP contribution in [0, 0.1) is 5.41 Å². The van der Waals surface area contributed by atoms with Gasteiger partial charge in [0.15, 0.2) is 0 Å². The van der Waals surface area contributed by atoms with Gasteiger partial charge in [-0.3, -0.25) is 10.2 Å². The van der Waals surface area contributed by atoms with Crippen molar-refractivity contribution in [2.75, 3.05) is 13.1 Å². The van der Waals surface area contributed by atoms with Crippen molar-refractivity contribution in [3.63, 3.8) is 0 Å². The van der Waals surface area contributed by atoms with Crippen molar-refractivity contribution in [3.8, 4) is 5.75 Å². The highest BCUT2D eigenvalue weighted by Gasteiger charge is 2.23. The quantitative estimate of drug-likeness (QED) is 0.281. The Hall–Kier alpha value is -2.74. The van der Waals surface area contributed by atoms with Crippen LogP contribution in [0.1, 0.15) is 36.1 Å². The van der Waals surface area contributed by atoms with Crippen LogP contribution >= 0.6 is 24.8 Å². The van der Waals surface area contributed by atoms with Crippen molar-refractivity contribution in [3.05, 3.63) is 65.4 Å². The van der Waals surface area contributed by atoms with Crippen LogP contribution in [0.5, 0.6) is 5.75 Å². The second-order valence-corrected chi connectivity index (χ2v) is 7.96. The first-order valence-electron chi connectivity index (χ1n) is 10.6. The van der Waals surface area contributed by atoms with Gasteiger partial charge in [-0.05, 0) is 55.1 Å². The highest BCUT2D eigenvalue weighted by Crippen LogP contribution is 2.28. The number of aryl methyl sites for hydroxylation is 1. The summed E-state index contributed by atoms with van der Waals surface area (Å²) in [6.45, 7) is 4.54. The Kier molecular flexibility index (Phi) is 9.16. The minimum Gasteiger partial charge on any atom is -0.489 e. The molecule has 1 aliphatic rings. The van der Waals surface area contributed by atoms with Crippen molar-refractivity contribution in [1.29, 1.82) is 5.41 Å². The molecule has 1 unspecified atom stereocenters. The minimum atomic E-state index is -0.856. The van der Waals surface area contributed by atoms with Crippen molar-refractivity contribution in [1.82, 2.24) is 9.88 Å². The Morgan fingerprint density at radius 2 is 1.97 bits per heavy atom. The first kappa shape index (κ1) is 26.5. The summed E-state index contributed by atoms with van der Waals surface area (Å²) in [5.74, 6) is -0.734. The number of carboxylic acid groups (broad SMARTS) is 1. The average molecular weight is 493 g/mol. The largest absolute Gasteiger partial charge is 0.489 e. The number of ether oxygens (including phenoxy) is 1. The van der Waals surface area contributed by atoms with Crippen LogP contribution in [0.4, 0.5) is 0 Å². The monoisotopic (exact) mass is 492 g/mol. The maximum absolute atomic E-state index is 12.1. The lowest BCUT2D eigenvalue weighted by Gasteiger charge is -2.17. The third-order valence-corrected chi connectivity index (χ3v) is 5.93. The number of benzene rings is 2. The van der Waals surface area contributed by atoms with Crippen LogP contribution in [0.15, 0.2) is 48.5 Å². The molecule has 1 aliphatic heterocycles. The smallest absolute Gasteiger partial charge is 0.311 e. The zero-order valence-electron chi connectivity index (χ0n) is 18.4. The Morgan fingerprint density at radius 3 is 2.55 bits per heavy atom. The number of nitrogen functional groups attached to an aromatic ring is 1. The predicted octanol–water partition coefficient (Wildman–Crippen LogP) is 3.94. The first-order chi connectivity index (χ1) is 15.0. The van der Waals surface area contributed by atoms with Crippen LogP contribution in [0.3, 0.4) is 0 Å². The number of aliphatic carboxylic acids is 1. The molecule has 178 valence electrons. The van der Waals surface area contributed by atoms with E-state index in [-0.39, 0.29) is 36.8 Å². The molecule has 0 aliphatic carbocycles. The third kappa shape index (κ3) is 5.79. The summed E-state index contributed by atoms with van der Waals surface area (Å²) in [5, 5.41) is 21.9. The molecule has 1 fully saturated rings. The van der Waals surface area contributed by atoms with E-state index in [4.69, 9.17) is 15.9 Å². The van der Waals surface area contributed by atoms with Gasteiger partial charge < -0.3 is 25.5 Å². The van der Waals surface area contributed by atoms with Gasteiger partial charge in [0.25, 0.3) is 0 Å². The summed E-state index contributed by atoms with van der Waals surface area (Å²) in [6.07, 6.45) is 1.52. The van der Waals surface area contributed by atoms with E-state index in [2.05, 4.69) is 9.88 Å². The van der Waals surface area contributed by atoms with E-state index < -0.39 is 11.9 Å². The lowest BCUT2D eigenvalue weighted by atomic mass is 9.94. The van der Waals surface area contributed by atoms with Crippen LogP contribution in [-0.4, -0.2) is 40.7 Å². The number of nitrogens with one attached hydrogen (secondary N) is 2. The van der Waals surface area contributed by atoms with Gasteiger partial charge in [-0.15, -0.1) is 24.8 Å². The number of hydrogen-bond donors (Lipinski definition) is 4. The molecule has 0 saturated carbocycles. The van der Waals surface area contributed by atoms with Gasteiger partial charge in [-0.2, -0.15) is 0 Å². The van der Waals surface area contributed by atoms with E-state index in [9.17, 15) is 9.90 Å². The number of amidine groups is 1. The molecule has 2 atom stereocenters. The summed E-state index contributed by atoms with van der Waals surface area (Å²) in [7, 11) is 0. The fourth-order valence-corrected chi connectivity index (χ4v) is 4.28. The lowest BCUT2D eigenvalue weighted by molar-refractivity contribution is -0.138. The van der Waals surface area contributed by atoms with Crippen LogP contribution in [-0.2, 0) is 17.8 Å². The van der Waals surface area contributed by atoms with Gasteiger partial charge in [-0.25, -0.2) is 0 Å². The van der Waals surface area contributed by atoms with Crippen molar-refractivity contribution >= 4 is 47.5 Å². The molecule has 0 radical (unpaired) electrons. The topological polar surface area (TPSA) is 113 Å². The number of fused-ring (bicyclic) bond motifs is 1. The zero-order chi connectivity index (χ0) is 22.0. The molecule has 0 amide bonds. The lowest BCUT2D eigenvalue weighted by Crippen LogP contribution is -2.19. The molecular formula is C24H30Cl2N4O3. The van der Waals surface area contributed by atoms with Gasteiger partial charge >= 0.3 is 5.97 Å². The molecule has 0 spiro atoms. The highest BCUT2D eigenvalue weighted by molar-refractivity contribution is 5.98. The average Bonchev–Trinajstić information content (AvgIpc) is 3.38. The first-order valence-corrected chi connectivity index (χ1v) is 10.6. The van der Waals surface area contributed by atoms with Crippen LogP contribution in [0.2, 0.25) is 0 Å². The van der Waals surface area contributed by atoms with E-state index >= 15 is 0 Å². The summed E-state index contributed by atoms with van der Waals surface area (Å²) < 4.78 is 8.05.